The van der Waals surface area contributed by atoms with Crippen LogP contribution in [0.15, 0.2) is 23.3 Å². The molecule has 1 aliphatic rings. The number of guanidine groups is 1. The zero-order valence-corrected chi connectivity index (χ0v) is 18.1. The first kappa shape index (κ1) is 22.6. The number of nitrogens with zero attached hydrogens (tertiary/aromatic N) is 2. The second kappa shape index (κ2) is 10.7. The number of aryl methyl sites for hydroxylation is 1. The molecule has 8 nitrogen and oxygen atoms in total. The lowest BCUT2D eigenvalue weighted by molar-refractivity contribution is -0.116. The lowest BCUT2D eigenvalue weighted by atomic mass is 10.3. The molecule has 1 unspecified atom stereocenters. The number of aromatic nitrogens is 1. The number of hydrogen-bond donors (Lipinski definition) is 3. The number of hydrogen-bond acceptors (Lipinski definition) is 5. The Morgan fingerprint density at radius 2 is 2.15 bits per heavy atom. The normalized spacial score (nSPS) is 18.7. The molecule has 0 spiro atoms. The highest BCUT2D eigenvalue weighted by Crippen LogP contribution is 2.11. The van der Waals surface area contributed by atoms with Crippen LogP contribution in [-0.2, 0) is 14.6 Å². The Balaban J connectivity index is 0.00000338. The average Bonchev–Trinajstić information content (AvgIpc) is 2.88. The second-order valence-electron chi connectivity index (χ2n) is 6.02. The third-order valence-corrected chi connectivity index (χ3v) is 5.47. The molecule has 2 rings (SSSR count). The van der Waals surface area contributed by atoms with Gasteiger partial charge in [0.15, 0.2) is 15.8 Å². The summed E-state index contributed by atoms with van der Waals surface area (Å²) in [7, 11) is -2.94. The Kier molecular flexibility index (Phi) is 9.27. The predicted molar refractivity (Wildman–Crippen MR) is 114 cm³/mol. The minimum atomic E-state index is -2.94. The van der Waals surface area contributed by atoms with E-state index in [-0.39, 0.29) is 53.9 Å². The van der Waals surface area contributed by atoms with Gasteiger partial charge in [-0.05, 0) is 31.9 Å². The number of sulfone groups is 1. The molecule has 0 aliphatic carbocycles. The molecule has 1 amide bonds. The van der Waals surface area contributed by atoms with Gasteiger partial charge < -0.3 is 16.0 Å². The molecule has 0 radical (unpaired) electrons. The lowest BCUT2D eigenvalue weighted by Gasteiger charge is -2.15. The number of carbonyl (C=O) groups excluding carboxylic acids is 1. The largest absolute Gasteiger partial charge is 0.357 e. The highest BCUT2D eigenvalue weighted by Gasteiger charge is 2.28. The lowest BCUT2D eigenvalue weighted by Crippen LogP contribution is -2.44. The van der Waals surface area contributed by atoms with Gasteiger partial charge >= 0.3 is 0 Å². The number of rotatable bonds is 6. The van der Waals surface area contributed by atoms with Crippen molar-refractivity contribution in [2.75, 3.05) is 29.9 Å². The van der Waals surface area contributed by atoms with E-state index < -0.39 is 9.84 Å². The number of anilines is 1. The van der Waals surface area contributed by atoms with Crippen LogP contribution < -0.4 is 16.0 Å². The van der Waals surface area contributed by atoms with Crippen LogP contribution in [0.2, 0.25) is 0 Å². The first-order chi connectivity index (χ1) is 11.9. The van der Waals surface area contributed by atoms with E-state index in [1.807, 2.05) is 19.9 Å². The Morgan fingerprint density at radius 1 is 1.38 bits per heavy atom. The quantitative estimate of drug-likeness (QED) is 0.310. The minimum Gasteiger partial charge on any atom is -0.357 e. The van der Waals surface area contributed by atoms with Gasteiger partial charge in [0.1, 0.15) is 5.82 Å². The molecule has 146 valence electrons. The van der Waals surface area contributed by atoms with Gasteiger partial charge in [0.05, 0.1) is 18.1 Å². The second-order valence-corrected chi connectivity index (χ2v) is 8.25. The summed E-state index contributed by atoms with van der Waals surface area (Å²) >= 11 is 0. The molecule has 0 saturated carbocycles. The third kappa shape index (κ3) is 7.85. The molecular formula is C16H26IN5O3S. The molecule has 1 fully saturated rings. The highest BCUT2D eigenvalue weighted by molar-refractivity contribution is 14.0. The Morgan fingerprint density at radius 3 is 2.73 bits per heavy atom. The Bertz CT molecular complexity index is 722. The van der Waals surface area contributed by atoms with E-state index in [2.05, 4.69) is 25.9 Å². The molecule has 1 saturated heterocycles. The van der Waals surface area contributed by atoms with Gasteiger partial charge in [-0.1, -0.05) is 6.07 Å². The third-order valence-electron chi connectivity index (χ3n) is 3.71. The molecular weight excluding hydrogens is 469 g/mol. The van der Waals surface area contributed by atoms with Crippen LogP contribution in [0.4, 0.5) is 5.82 Å². The predicted octanol–water partition coefficient (Wildman–Crippen LogP) is 1.08. The summed E-state index contributed by atoms with van der Waals surface area (Å²) < 4.78 is 23.0. The molecule has 1 aromatic heterocycles. The van der Waals surface area contributed by atoms with Crippen LogP contribution in [0.25, 0.3) is 0 Å². The van der Waals surface area contributed by atoms with E-state index in [9.17, 15) is 13.2 Å². The van der Waals surface area contributed by atoms with Gasteiger partial charge in [-0.15, -0.1) is 24.0 Å². The van der Waals surface area contributed by atoms with Crippen LogP contribution >= 0.6 is 24.0 Å². The van der Waals surface area contributed by atoms with Crippen LogP contribution in [0.3, 0.4) is 0 Å². The molecule has 0 bridgehead atoms. The molecule has 3 N–H and O–H groups in total. The van der Waals surface area contributed by atoms with Crippen LogP contribution in [0.5, 0.6) is 0 Å². The van der Waals surface area contributed by atoms with Crippen molar-refractivity contribution in [3.05, 3.63) is 23.9 Å². The van der Waals surface area contributed by atoms with Crippen molar-refractivity contribution in [1.29, 1.82) is 0 Å². The number of nitrogens with one attached hydrogen (secondary N) is 3. The van der Waals surface area contributed by atoms with Crippen molar-refractivity contribution >= 4 is 51.5 Å². The summed E-state index contributed by atoms with van der Waals surface area (Å²) in [6, 6.07) is 3.50. The maximum Gasteiger partial charge on any atom is 0.227 e. The van der Waals surface area contributed by atoms with Crippen LogP contribution in [-0.4, -0.2) is 55.9 Å². The summed E-state index contributed by atoms with van der Waals surface area (Å²) in [4.78, 5) is 20.4. The number of amides is 1. The first-order valence-electron chi connectivity index (χ1n) is 8.36. The monoisotopic (exact) mass is 495 g/mol. The minimum absolute atomic E-state index is 0. The maximum absolute atomic E-state index is 11.9. The van der Waals surface area contributed by atoms with Gasteiger partial charge in [-0.3, -0.25) is 9.79 Å². The smallest absolute Gasteiger partial charge is 0.227 e. The molecule has 10 heteroatoms. The van der Waals surface area contributed by atoms with Crippen LogP contribution in [0, 0.1) is 6.92 Å². The molecule has 26 heavy (non-hydrogen) atoms. The molecule has 1 aromatic rings. The fourth-order valence-corrected chi connectivity index (χ4v) is 4.11. The number of aliphatic imine (C=N–C) groups is 1. The van der Waals surface area contributed by atoms with Crippen LogP contribution in [0.1, 0.15) is 25.3 Å². The molecule has 2 heterocycles. The van der Waals surface area contributed by atoms with E-state index in [0.717, 1.165) is 5.56 Å². The molecule has 1 aliphatic heterocycles. The molecule has 1 atom stereocenters. The average molecular weight is 495 g/mol. The Hall–Kier alpha value is -1.43. The summed E-state index contributed by atoms with van der Waals surface area (Å²) in [6.07, 6.45) is 2.48. The van der Waals surface area contributed by atoms with Gasteiger partial charge in [0.25, 0.3) is 0 Å². The zero-order chi connectivity index (χ0) is 18.3. The van der Waals surface area contributed by atoms with Crippen molar-refractivity contribution in [3.63, 3.8) is 0 Å². The van der Waals surface area contributed by atoms with Gasteiger partial charge in [0.2, 0.25) is 5.91 Å². The van der Waals surface area contributed by atoms with E-state index >= 15 is 0 Å². The van der Waals surface area contributed by atoms with Crippen molar-refractivity contribution in [3.8, 4) is 0 Å². The fourth-order valence-electron chi connectivity index (χ4n) is 2.44. The summed E-state index contributed by atoms with van der Waals surface area (Å²) in [5.74, 6) is 1.21. The number of carbonyl (C=O) groups is 1. The van der Waals surface area contributed by atoms with Gasteiger partial charge in [-0.2, -0.15) is 0 Å². The SMILES string of the molecule is CCNC(=NCCC(=O)Nc1ccc(C)cn1)NC1CCS(=O)(=O)C1.I. The summed E-state index contributed by atoms with van der Waals surface area (Å²) in [5, 5.41) is 8.90. The zero-order valence-electron chi connectivity index (χ0n) is 15.0. The topological polar surface area (TPSA) is 113 Å². The van der Waals surface area contributed by atoms with E-state index in [4.69, 9.17) is 0 Å². The van der Waals surface area contributed by atoms with E-state index in [0.29, 0.717) is 31.3 Å². The van der Waals surface area contributed by atoms with E-state index in [1.54, 1.807) is 12.3 Å². The van der Waals surface area contributed by atoms with Crippen molar-refractivity contribution in [2.45, 2.75) is 32.7 Å². The van der Waals surface area contributed by atoms with Gasteiger partial charge in [0, 0.05) is 25.2 Å². The number of pyridine rings is 1. The van der Waals surface area contributed by atoms with Crippen molar-refractivity contribution in [1.82, 2.24) is 15.6 Å². The van der Waals surface area contributed by atoms with Crippen molar-refractivity contribution < 1.29 is 13.2 Å². The summed E-state index contributed by atoms with van der Waals surface area (Å²) in [5.41, 5.74) is 1.03. The van der Waals surface area contributed by atoms with Crippen molar-refractivity contribution in [2.24, 2.45) is 4.99 Å². The number of halogens is 1. The van der Waals surface area contributed by atoms with Gasteiger partial charge in [-0.25, -0.2) is 13.4 Å². The fraction of sp³-hybridized carbons (Fsp3) is 0.562. The first-order valence-corrected chi connectivity index (χ1v) is 10.2. The molecule has 0 aromatic carbocycles. The standard InChI is InChI=1S/C16H25N5O3S.HI/c1-3-17-16(20-13-7-9-25(23,24)11-13)18-8-6-15(22)21-14-5-4-12(2)10-19-14;/h4-5,10,13H,3,6-9,11H2,1-2H3,(H2,17,18,20)(H,19,21,22);1H. The summed E-state index contributed by atoms with van der Waals surface area (Å²) in [6.45, 7) is 4.81. The maximum atomic E-state index is 11.9. The Labute approximate surface area is 171 Å². The highest BCUT2D eigenvalue weighted by atomic mass is 127. The van der Waals surface area contributed by atoms with E-state index in [1.165, 1.54) is 0 Å².